The van der Waals surface area contributed by atoms with Gasteiger partial charge in [0.05, 0.1) is 5.92 Å². The number of carbonyl (C=O) groups is 1. The third-order valence-corrected chi connectivity index (χ3v) is 4.18. The maximum absolute atomic E-state index is 12.6. The van der Waals surface area contributed by atoms with Crippen molar-refractivity contribution < 1.29 is 4.79 Å². The summed E-state index contributed by atoms with van der Waals surface area (Å²) in [7, 11) is 1.89. The van der Waals surface area contributed by atoms with E-state index in [9.17, 15) is 4.79 Å². The Kier molecular flexibility index (Phi) is 6.95. The quantitative estimate of drug-likeness (QED) is 0.834. The highest BCUT2D eigenvalue weighted by Crippen LogP contribution is 2.19. The van der Waals surface area contributed by atoms with Gasteiger partial charge in [0.2, 0.25) is 5.91 Å². The molecule has 0 radical (unpaired) electrons. The van der Waals surface area contributed by atoms with Gasteiger partial charge in [0.25, 0.3) is 0 Å². The minimum Gasteiger partial charge on any atom is -0.341 e. The lowest BCUT2D eigenvalue weighted by Crippen LogP contribution is -2.42. The highest BCUT2D eigenvalue weighted by Gasteiger charge is 2.26. The first-order chi connectivity index (χ1) is 9.15. The van der Waals surface area contributed by atoms with Gasteiger partial charge >= 0.3 is 0 Å². The van der Waals surface area contributed by atoms with Crippen molar-refractivity contribution in [3.63, 3.8) is 0 Å². The Morgan fingerprint density at radius 3 is 2.47 bits per heavy atom. The lowest BCUT2D eigenvalue weighted by Gasteiger charge is -2.30. The van der Waals surface area contributed by atoms with Crippen LogP contribution >= 0.6 is 11.8 Å². The van der Waals surface area contributed by atoms with Crippen LogP contribution in [0.15, 0.2) is 30.3 Å². The van der Waals surface area contributed by atoms with Crippen molar-refractivity contribution in [1.29, 1.82) is 0 Å². The van der Waals surface area contributed by atoms with Gasteiger partial charge in [-0.1, -0.05) is 37.3 Å². The summed E-state index contributed by atoms with van der Waals surface area (Å²) in [5.41, 5.74) is 6.81. The Bertz CT molecular complexity index is 383. The monoisotopic (exact) mass is 280 g/mol. The molecule has 1 aromatic rings. The van der Waals surface area contributed by atoms with Crippen molar-refractivity contribution in [2.24, 2.45) is 5.73 Å². The molecule has 0 aliphatic rings. The van der Waals surface area contributed by atoms with E-state index in [-0.39, 0.29) is 17.9 Å². The number of hydrogen-bond acceptors (Lipinski definition) is 3. The van der Waals surface area contributed by atoms with E-state index in [1.165, 1.54) is 0 Å². The molecule has 0 saturated heterocycles. The molecule has 0 bridgehead atoms. The summed E-state index contributed by atoms with van der Waals surface area (Å²) in [5, 5.41) is 0. The smallest absolute Gasteiger partial charge is 0.231 e. The van der Waals surface area contributed by atoms with Crippen LogP contribution in [-0.2, 0) is 4.79 Å². The molecule has 2 N–H and O–H groups in total. The molecular weight excluding hydrogens is 256 g/mol. The third kappa shape index (κ3) is 4.25. The number of carbonyl (C=O) groups excluding carboxylic acids is 1. The summed E-state index contributed by atoms with van der Waals surface area (Å²) in [5.74, 6) is 0.849. The summed E-state index contributed by atoms with van der Waals surface area (Å²) >= 11 is 1.77. The fraction of sp³-hybridized carbons (Fsp3) is 0.533. The maximum Gasteiger partial charge on any atom is 0.231 e. The van der Waals surface area contributed by atoms with Gasteiger partial charge in [-0.05, 0) is 18.2 Å². The summed E-state index contributed by atoms with van der Waals surface area (Å²) in [4.78, 5) is 14.4. The Hall–Kier alpha value is -1.00. The van der Waals surface area contributed by atoms with Gasteiger partial charge in [-0.25, -0.2) is 0 Å². The van der Waals surface area contributed by atoms with Crippen molar-refractivity contribution in [3.05, 3.63) is 35.9 Å². The summed E-state index contributed by atoms with van der Waals surface area (Å²) in [6.07, 6.45) is 3.04. The number of nitrogens with two attached hydrogens (primary N) is 1. The largest absolute Gasteiger partial charge is 0.341 e. The number of amides is 1. The molecule has 19 heavy (non-hydrogen) atoms. The van der Waals surface area contributed by atoms with Gasteiger partial charge < -0.3 is 10.6 Å². The number of rotatable bonds is 7. The van der Waals surface area contributed by atoms with E-state index in [2.05, 4.69) is 13.2 Å². The van der Waals surface area contributed by atoms with E-state index in [0.717, 1.165) is 17.7 Å². The van der Waals surface area contributed by atoms with Crippen LogP contribution in [0.25, 0.3) is 0 Å². The average Bonchev–Trinajstić information content (AvgIpc) is 2.45. The van der Waals surface area contributed by atoms with Crippen molar-refractivity contribution in [2.45, 2.75) is 25.3 Å². The predicted octanol–water partition coefficient (Wildman–Crippen LogP) is 2.33. The minimum atomic E-state index is -0.234. The van der Waals surface area contributed by atoms with E-state index >= 15 is 0 Å². The van der Waals surface area contributed by atoms with Crippen LogP contribution in [0.5, 0.6) is 0 Å². The van der Waals surface area contributed by atoms with Gasteiger partial charge in [0.1, 0.15) is 0 Å². The Morgan fingerprint density at radius 2 is 2.00 bits per heavy atom. The molecule has 0 aliphatic carbocycles. The lowest BCUT2D eigenvalue weighted by molar-refractivity contribution is -0.133. The van der Waals surface area contributed by atoms with Crippen LogP contribution in [-0.4, -0.2) is 42.4 Å². The zero-order chi connectivity index (χ0) is 14.3. The van der Waals surface area contributed by atoms with E-state index in [1.54, 1.807) is 11.8 Å². The van der Waals surface area contributed by atoms with Crippen molar-refractivity contribution >= 4 is 17.7 Å². The third-order valence-electron chi connectivity index (χ3n) is 3.46. The molecule has 2 unspecified atom stereocenters. The van der Waals surface area contributed by atoms with Crippen molar-refractivity contribution in [3.8, 4) is 0 Å². The summed E-state index contributed by atoms with van der Waals surface area (Å²) < 4.78 is 0. The van der Waals surface area contributed by atoms with E-state index in [1.807, 2.05) is 42.3 Å². The lowest BCUT2D eigenvalue weighted by atomic mass is 9.97. The first-order valence-electron chi connectivity index (χ1n) is 6.66. The Labute approximate surface area is 120 Å². The normalized spacial score (nSPS) is 13.9. The summed E-state index contributed by atoms with van der Waals surface area (Å²) in [6, 6.07) is 10.1. The molecule has 4 heteroatoms. The number of likely N-dealkylation sites (N-methyl/N-ethyl adjacent to an activating group) is 1. The van der Waals surface area contributed by atoms with Gasteiger partial charge in [-0.3, -0.25) is 4.79 Å². The molecule has 106 valence electrons. The number of nitrogens with zero attached hydrogens (tertiary/aromatic N) is 1. The molecule has 0 aliphatic heterocycles. The van der Waals surface area contributed by atoms with Gasteiger partial charge in [-0.15, -0.1) is 0 Å². The average molecular weight is 280 g/mol. The molecule has 2 atom stereocenters. The summed E-state index contributed by atoms with van der Waals surface area (Å²) in [6.45, 7) is 2.47. The van der Waals surface area contributed by atoms with E-state index in [4.69, 9.17) is 5.73 Å². The highest BCUT2D eigenvalue weighted by atomic mass is 32.2. The molecule has 0 aromatic heterocycles. The van der Waals surface area contributed by atoms with Crippen LogP contribution < -0.4 is 5.73 Å². The predicted molar refractivity (Wildman–Crippen MR) is 83.5 cm³/mol. The first kappa shape index (κ1) is 16.1. The zero-order valence-corrected chi connectivity index (χ0v) is 12.8. The van der Waals surface area contributed by atoms with E-state index in [0.29, 0.717) is 6.54 Å². The molecule has 0 heterocycles. The molecule has 0 fully saturated rings. The number of thioether (sulfide) groups is 1. The zero-order valence-electron chi connectivity index (χ0n) is 12.0. The molecule has 3 nitrogen and oxygen atoms in total. The second-order valence-corrected chi connectivity index (χ2v) is 5.58. The number of hydrogen-bond donors (Lipinski definition) is 1. The fourth-order valence-corrected chi connectivity index (χ4v) is 3.03. The Balaban J connectivity index is 2.84. The first-order valence-corrected chi connectivity index (χ1v) is 8.05. The number of benzene rings is 1. The second-order valence-electron chi connectivity index (χ2n) is 4.67. The van der Waals surface area contributed by atoms with Crippen LogP contribution in [0.3, 0.4) is 0 Å². The molecule has 0 spiro atoms. The molecule has 1 amide bonds. The highest BCUT2D eigenvalue weighted by molar-refractivity contribution is 7.98. The standard InChI is InChI=1S/C15H24N2OS/c1-4-13(11-19-3)17(2)15(18)14(10-16)12-8-6-5-7-9-12/h5-9,13-14H,4,10-11,16H2,1-3H3. The van der Waals surface area contributed by atoms with Crippen LogP contribution in [0.2, 0.25) is 0 Å². The van der Waals surface area contributed by atoms with Crippen LogP contribution in [0.4, 0.5) is 0 Å². The van der Waals surface area contributed by atoms with Crippen LogP contribution in [0, 0.1) is 0 Å². The molecule has 1 aromatic carbocycles. The minimum absolute atomic E-state index is 0.120. The second kappa shape index (κ2) is 8.23. The maximum atomic E-state index is 12.6. The fourth-order valence-electron chi connectivity index (χ4n) is 2.19. The Morgan fingerprint density at radius 1 is 1.37 bits per heavy atom. The van der Waals surface area contributed by atoms with E-state index < -0.39 is 0 Å². The van der Waals surface area contributed by atoms with Crippen molar-refractivity contribution in [1.82, 2.24) is 4.90 Å². The van der Waals surface area contributed by atoms with Gasteiger partial charge in [0, 0.05) is 25.4 Å². The van der Waals surface area contributed by atoms with Gasteiger partial charge in [0.15, 0.2) is 0 Å². The molecule has 0 saturated carbocycles. The SMILES string of the molecule is CCC(CSC)N(C)C(=O)C(CN)c1ccccc1. The topological polar surface area (TPSA) is 46.3 Å². The molecule has 1 rings (SSSR count). The van der Waals surface area contributed by atoms with Crippen molar-refractivity contribution in [2.75, 3.05) is 25.6 Å². The van der Waals surface area contributed by atoms with Gasteiger partial charge in [-0.2, -0.15) is 11.8 Å². The van der Waals surface area contributed by atoms with Crippen LogP contribution in [0.1, 0.15) is 24.8 Å². The molecular formula is C15H24N2OS.